The maximum atomic E-state index is 12.5. The molecule has 0 atom stereocenters. The van der Waals surface area contributed by atoms with Crippen molar-refractivity contribution < 1.29 is 23.1 Å². The van der Waals surface area contributed by atoms with E-state index < -0.39 is 17.6 Å². The summed E-state index contributed by atoms with van der Waals surface area (Å²) in [4.78, 5) is 11.3. The molecule has 1 amide bonds. The highest BCUT2D eigenvalue weighted by Gasteiger charge is 2.31. The van der Waals surface area contributed by atoms with Crippen molar-refractivity contribution in [3.63, 3.8) is 0 Å². The Balaban J connectivity index is 2.84. The second-order valence-electron chi connectivity index (χ2n) is 3.60. The van der Waals surface area contributed by atoms with Crippen molar-refractivity contribution in [1.29, 1.82) is 0 Å². The number of carbonyl (C=O) groups excluding carboxylic acids is 1. The van der Waals surface area contributed by atoms with Gasteiger partial charge < -0.3 is 10.4 Å². The largest absolute Gasteiger partial charge is 0.416 e. The third kappa shape index (κ3) is 4.54. The van der Waals surface area contributed by atoms with Crippen LogP contribution in [0.4, 0.5) is 18.9 Å². The van der Waals surface area contributed by atoms with E-state index in [-0.39, 0.29) is 30.2 Å². The molecule has 1 aromatic rings. The number of alkyl halides is 3. The van der Waals surface area contributed by atoms with E-state index in [2.05, 4.69) is 5.32 Å². The van der Waals surface area contributed by atoms with Gasteiger partial charge in [-0.05, 0) is 24.6 Å². The quantitative estimate of drug-likeness (QED) is 0.891. The van der Waals surface area contributed by atoms with E-state index in [0.29, 0.717) is 0 Å². The van der Waals surface area contributed by atoms with E-state index in [9.17, 15) is 18.0 Å². The standard InChI is InChI=1S/C11H11ClF3NO2/c12-8-4-7(11(13,14)15)5-9(6-8)16-10(18)2-1-3-17/h4-6,17H,1-3H2,(H,16,18). The number of halogens is 4. The first kappa shape index (κ1) is 14.8. The lowest BCUT2D eigenvalue weighted by Gasteiger charge is -2.10. The Morgan fingerprint density at radius 1 is 1.33 bits per heavy atom. The van der Waals surface area contributed by atoms with Crippen LogP contribution in [0.5, 0.6) is 0 Å². The molecule has 2 N–H and O–H groups in total. The summed E-state index contributed by atoms with van der Waals surface area (Å²) in [6, 6.07) is 2.82. The molecule has 0 saturated heterocycles. The highest BCUT2D eigenvalue weighted by Crippen LogP contribution is 2.33. The van der Waals surface area contributed by atoms with E-state index in [0.717, 1.165) is 12.1 Å². The van der Waals surface area contributed by atoms with E-state index in [4.69, 9.17) is 16.7 Å². The predicted molar refractivity (Wildman–Crippen MR) is 61.4 cm³/mol. The normalized spacial score (nSPS) is 11.4. The van der Waals surface area contributed by atoms with Gasteiger partial charge in [0, 0.05) is 23.7 Å². The van der Waals surface area contributed by atoms with Gasteiger partial charge in [0.05, 0.1) is 5.56 Å². The molecule has 7 heteroatoms. The van der Waals surface area contributed by atoms with Gasteiger partial charge in [-0.25, -0.2) is 0 Å². The molecule has 0 heterocycles. The van der Waals surface area contributed by atoms with Gasteiger partial charge in [-0.2, -0.15) is 13.2 Å². The fourth-order valence-electron chi connectivity index (χ4n) is 1.29. The Morgan fingerprint density at radius 2 is 2.00 bits per heavy atom. The maximum absolute atomic E-state index is 12.5. The van der Waals surface area contributed by atoms with Crippen molar-refractivity contribution in [3.8, 4) is 0 Å². The topological polar surface area (TPSA) is 49.3 Å². The summed E-state index contributed by atoms with van der Waals surface area (Å²) in [5.41, 5.74) is -0.940. The zero-order chi connectivity index (χ0) is 13.8. The number of anilines is 1. The summed E-state index contributed by atoms with van der Waals surface area (Å²) in [6.07, 6.45) is -4.24. The van der Waals surface area contributed by atoms with Gasteiger partial charge in [-0.3, -0.25) is 4.79 Å². The summed E-state index contributed by atoms with van der Waals surface area (Å²) >= 11 is 5.55. The Labute approximate surface area is 107 Å². The predicted octanol–water partition coefficient (Wildman–Crippen LogP) is 3.07. The molecule has 1 aromatic carbocycles. The van der Waals surface area contributed by atoms with Gasteiger partial charge in [0.2, 0.25) is 5.91 Å². The van der Waals surface area contributed by atoms with Gasteiger partial charge in [-0.15, -0.1) is 0 Å². The molecule has 18 heavy (non-hydrogen) atoms. The van der Waals surface area contributed by atoms with Gasteiger partial charge >= 0.3 is 6.18 Å². The summed E-state index contributed by atoms with van der Waals surface area (Å²) in [6.45, 7) is -0.156. The molecule has 0 fully saturated rings. The van der Waals surface area contributed by atoms with E-state index in [1.54, 1.807) is 0 Å². The van der Waals surface area contributed by atoms with Gasteiger partial charge in [0.1, 0.15) is 0 Å². The minimum atomic E-state index is -4.52. The molecular formula is C11H11ClF3NO2. The number of nitrogens with one attached hydrogen (secondary N) is 1. The molecule has 0 spiro atoms. The SMILES string of the molecule is O=C(CCCO)Nc1cc(Cl)cc(C(F)(F)F)c1. The van der Waals surface area contributed by atoms with Crippen LogP contribution in [0.15, 0.2) is 18.2 Å². The van der Waals surface area contributed by atoms with Crippen LogP contribution >= 0.6 is 11.6 Å². The average molecular weight is 282 g/mol. The van der Waals surface area contributed by atoms with Crippen LogP contribution in [-0.4, -0.2) is 17.6 Å². The van der Waals surface area contributed by atoms with E-state index in [1.165, 1.54) is 6.07 Å². The van der Waals surface area contributed by atoms with Crippen LogP contribution in [-0.2, 0) is 11.0 Å². The monoisotopic (exact) mass is 281 g/mol. The molecule has 0 saturated carbocycles. The molecule has 3 nitrogen and oxygen atoms in total. The highest BCUT2D eigenvalue weighted by atomic mass is 35.5. The average Bonchev–Trinajstić information content (AvgIpc) is 2.24. The number of carbonyl (C=O) groups is 1. The van der Waals surface area contributed by atoms with Gasteiger partial charge in [0.25, 0.3) is 0 Å². The van der Waals surface area contributed by atoms with Crippen molar-refractivity contribution in [3.05, 3.63) is 28.8 Å². The van der Waals surface area contributed by atoms with E-state index >= 15 is 0 Å². The molecule has 0 aliphatic heterocycles. The fourth-order valence-corrected chi connectivity index (χ4v) is 1.52. The molecule has 0 radical (unpaired) electrons. The molecule has 100 valence electrons. The van der Waals surface area contributed by atoms with Crippen molar-refractivity contribution >= 4 is 23.2 Å². The smallest absolute Gasteiger partial charge is 0.396 e. The van der Waals surface area contributed by atoms with Crippen molar-refractivity contribution in [2.24, 2.45) is 0 Å². The third-order valence-corrected chi connectivity index (χ3v) is 2.29. The Morgan fingerprint density at radius 3 is 2.56 bits per heavy atom. The zero-order valence-corrected chi connectivity index (χ0v) is 9.98. The number of hydrogen-bond donors (Lipinski definition) is 2. The number of aliphatic hydroxyl groups excluding tert-OH is 1. The molecule has 0 unspecified atom stereocenters. The summed E-state index contributed by atoms with van der Waals surface area (Å²) in [5.74, 6) is -0.473. The maximum Gasteiger partial charge on any atom is 0.416 e. The Hall–Kier alpha value is -1.27. The van der Waals surface area contributed by atoms with Crippen LogP contribution in [0, 0.1) is 0 Å². The number of rotatable bonds is 4. The van der Waals surface area contributed by atoms with Crippen LogP contribution in [0.2, 0.25) is 5.02 Å². The van der Waals surface area contributed by atoms with Crippen molar-refractivity contribution in [1.82, 2.24) is 0 Å². The first-order chi connectivity index (χ1) is 8.32. The van der Waals surface area contributed by atoms with Crippen LogP contribution in [0.1, 0.15) is 18.4 Å². The summed E-state index contributed by atoms with van der Waals surface area (Å²) < 4.78 is 37.5. The summed E-state index contributed by atoms with van der Waals surface area (Å²) in [7, 11) is 0. The lowest BCUT2D eigenvalue weighted by Crippen LogP contribution is -2.13. The van der Waals surface area contributed by atoms with E-state index in [1.807, 2.05) is 0 Å². The molecule has 0 aliphatic carbocycles. The lowest BCUT2D eigenvalue weighted by atomic mass is 10.2. The molecule has 0 bridgehead atoms. The Kier molecular flexibility index (Phi) is 4.98. The first-order valence-electron chi connectivity index (χ1n) is 5.11. The molecule has 1 rings (SSSR count). The number of amides is 1. The molecular weight excluding hydrogens is 271 g/mol. The van der Waals surface area contributed by atoms with Gasteiger partial charge in [-0.1, -0.05) is 11.6 Å². The Bertz CT molecular complexity index is 435. The summed E-state index contributed by atoms with van der Waals surface area (Å²) in [5, 5.41) is 10.7. The number of benzene rings is 1. The van der Waals surface area contributed by atoms with Crippen molar-refractivity contribution in [2.75, 3.05) is 11.9 Å². The second-order valence-corrected chi connectivity index (χ2v) is 4.04. The highest BCUT2D eigenvalue weighted by molar-refractivity contribution is 6.31. The molecule has 0 aromatic heterocycles. The lowest BCUT2D eigenvalue weighted by molar-refractivity contribution is -0.137. The number of hydrogen-bond acceptors (Lipinski definition) is 2. The number of aliphatic hydroxyl groups is 1. The zero-order valence-electron chi connectivity index (χ0n) is 9.22. The van der Waals surface area contributed by atoms with Crippen LogP contribution in [0.25, 0.3) is 0 Å². The third-order valence-electron chi connectivity index (χ3n) is 2.07. The fraction of sp³-hybridized carbons (Fsp3) is 0.364. The first-order valence-corrected chi connectivity index (χ1v) is 5.49. The van der Waals surface area contributed by atoms with Crippen LogP contribution < -0.4 is 5.32 Å². The minimum Gasteiger partial charge on any atom is -0.396 e. The minimum absolute atomic E-state index is 0.0160. The van der Waals surface area contributed by atoms with Crippen LogP contribution in [0.3, 0.4) is 0 Å². The van der Waals surface area contributed by atoms with Gasteiger partial charge in [0.15, 0.2) is 0 Å². The molecule has 0 aliphatic rings. The second kappa shape index (κ2) is 6.06. The van der Waals surface area contributed by atoms with Crippen molar-refractivity contribution in [2.45, 2.75) is 19.0 Å².